The molecule has 1 fully saturated rings. The van der Waals surface area contributed by atoms with Crippen LogP contribution < -0.4 is 5.32 Å². The third-order valence-corrected chi connectivity index (χ3v) is 5.60. The number of anilines is 1. The molecule has 27 heavy (non-hydrogen) atoms. The summed E-state index contributed by atoms with van der Waals surface area (Å²) in [6.07, 6.45) is 2.64. The maximum absolute atomic E-state index is 12.6. The van der Waals surface area contributed by atoms with Gasteiger partial charge in [0.05, 0.1) is 11.6 Å². The van der Waals surface area contributed by atoms with Gasteiger partial charge in [-0.15, -0.1) is 11.3 Å². The highest BCUT2D eigenvalue weighted by atomic mass is 32.1. The molecule has 0 radical (unpaired) electrons. The molecular weight excluding hydrogens is 360 g/mol. The van der Waals surface area contributed by atoms with Gasteiger partial charge in [0.2, 0.25) is 5.91 Å². The van der Waals surface area contributed by atoms with Crippen molar-refractivity contribution in [3.05, 3.63) is 35.2 Å². The zero-order chi connectivity index (χ0) is 19.4. The second kappa shape index (κ2) is 8.52. The summed E-state index contributed by atoms with van der Waals surface area (Å²) in [6, 6.07) is 8.28. The SMILES string of the molecule is CCc1ccc(-c2csc(NC(=O)[C@H]3CCCN(C(=O)N(C)C)C3)n2)cc1. The van der Waals surface area contributed by atoms with E-state index in [4.69, 9.17) is 0 Å². The molecule has 1 aliphatic rings. The number of piperidine rings is 1. The summed E-state index contributed by atoms with van der Waals surface area (Å²) in [5, 5.41) is 5.49. The molecule has 1 saturated heterocycles. The molecule has 2 heterocycles. The Morgan fingerprint density at radius 3 is 2.70 bits per heavy atom. The number of hydrogen-bond acceptors (Lipinski definition) is 4. The lowest BCUT2D eigenvalue weighted by Gasteiger charge is -2.33. The van der Waals surface area contributed by atoms with Crippen molar-refractivity contribution in [3.8, 4) is 11.3 Å². The van der Waals surface area contributed by atoms with Crippen molar-refractivity contribution >= 4 is 28.4 Å². The number of rotatable bonds is 4. The number of carbonyl (C=O) groups is 2. The van der Waals surface area contributed by atoms with E-state index in [-0.39, 0.29) is 17.9 Å². The molecule has 3 rings (SSSR count). The van der Waals surface area contributed by atoms with E-state index in [2.05, 4.69) is 41.5 Å². The molecule has 0 aliphatic carbocycles. The fourth-order valence-corrected chi connectivity index (χ4v) is 3.95. The summed E-state index contributed by atoms with van der Waals surface area (Å²) in [5.41, 5.74) is 3.20. The summed E-state index contributed by atoms with van der Waals surface area (Å²) < 4.78 is 0. The normalized spacial score (nSPS) is 16.9. The van der Waals surface area contributed by atoms with Crippen LogP contribution in [0.3, 0.4) is 0 Å². The van der Waals surface area contributed by atoms with E-state index in [1.54, 1.807) is 23.9 Å². The zero-order valence-corrected chi connectivity index (χ0v) is 16.9. The van der Waals surface area contributed by atoms with Gasteiger partial charge in [-0.05, 0) is 24.8 Å². The molecule has 1 atom stereocenters. The summed E-state index contributed by atoms with van der Waals surface area (Å²) in [4.78, 5) is 32.6. The smallest absolute Gasteiger partial charge is 0.319 e. The summed E-state index contributed by atoms with van der Waals surface area (Å²) >= 11 is 1.43. The maximum atomic E-state index is 12.6. The fraction of sp³-hybridized carbons (Fsp3) is 0.450. The van der Waals surface area contributed by atoms with E-state index in [1.807, 2.05) is 5.38 Å². The van der Waals surface area contributed by atoms with Gasteiger partial charge in [-0.25, -0.2) is 9.78 Å². The number of thiazole rings is 1. The second-order valence-electron chi connectivity index (χ2n) is 7.04. The Morgan fingerprint density at radius 1 is 1.30 bits per heavy atom. The first kappa shape index (κ1) is 19.4. The Bertz CT molecular complexity index is 801. The van der Waals surface area contributed by atoms with Crippen molar-refractivity contribution < 1.29 is 9.59 Å². The summed E-state index contributed by atoms with van der Waals surface area (Å²) in [5.74, 6) is -0.257. The van der Waals surface area contributed by atoms with E-state index in [1.165, 1.54) is 16.9 Å². The Hall–Kier alpha value is -2.41. The molecule has 6 nitrogen and oxygen atoms in total. The van der Waals surface area contributed by atoms with E-state index < -0.39 is 0 Å². The molecule has 1 N–H and O–H groups in total. The van der Waals surface area contributed by atoms with Crippen LogP contribution in [0.2, 0.25) is 0 Å². The van der Waals surface area contributed by atoms with Crippen molar-refractivity contribution in [2.45, 2.75) is 26.2 Å². The lowest BCUT2D eigenvalue weighted by atomic mass is 9.97. The Labute approximate surface area is 164 Å². The molecule has 2 aromatic rings. The molecule has 0 spiro atoms. The average molecular weight is 387 g/mol. The number of hydrogen-bond donors (Lipinski definition) is 1. The number of carbonyl (C=O) groups excluding carboxylic acids is 2. The largest absolute Gasteiger partial charge is 0.331 e. The molecular formula is C20H26N4O2S. The van der Waals surface area contributed by atoms with E-state index in [0.29, 0.717) is 18.2 Å². The van der Waals surface area contributed by atoms with E-state index >= 15 is 0 Å². The van der Waals surface area contributed by atoms with Crippen LogP contribution in [0.4, 0.5) is 9.93 Å². The summed E-state index contributed by atoms with van der Waals surface area (Å²) in [7, 11) is 3.46. The van der Waals surface area contributed by atoms with E-state index in [0.717, 1.165) is 30.5 Å². The van der Waals surface area contributed by atoms with Gasteiger partial charge in [0, 0.05) is 38.1 Å². The zero-order valence-electron chi connectivity index (χ0n) is 16.1. The third kappa shape index (κ3) is 4.66. The highest BCUT2D eigenvalue weighted by molar-refractivity contribution is 7.14. The number of likely N-dealkylation sites (tertiary alicyclic amines) is 1. The standard InChI is InChI=1S/C20H26N4O2S/c1-4-14-7-9-15(10-8-14)17-13-27-19(21-17)22-18(25)16-6-5-11-24(12-16)20(26)23(2)3/h7-10,13,16H,4-6,11-12H2,1-3H3,(H,21,22,25)/t16-/m0/s1. The van der Waals surface area contributed by atoms with Gasteiger partial charge in [0.1, 0.15) is 0 Å². The van der Waals surface area contributed by atoms with Gasteiger partial charge in [-0.2, -0.15) is 0 Å². The Morgan fingerprint density at radius 2 is 2.04 bits per heavy atom. The number of benzene rings is 1. The number of aromatic nitrogens is 1. The first-order valence-electron chi connectivity index (χ1n) is 9.30. The molecule has 7 heteroatoms. The Kier molecular flexibility index (Phi) is 6.11. The minimum atomic E-state index is -0.196. The van der Waals surface area contributed by atoms with Crippen LogP contribution in [-0.2, 0) is 11.2 Å². The number of urea groups is 1. The topological polar surface area (TPSA) is 65.5 Å². The number of aryl methyl sites for hydroxylation is 1. The van der Waals surface area contributed by atoms with Gasteiger partial charge in [-0.3, -0.25) is 4.79 Å². The van der Waals surface area contributed by atoms with Crippen LogP contribution >= 0.6 is 11.3 Å². The molecule has 1 aromatic heterocycles. The van der Waals surface area contributed by atoms with Crippen LogP contribution in [0, 0.1) is 5.92 Å². The highest BCUT2D eigenvalue weighted by Crippen LogP contribution is 2.26. The molecule has 0 bridgehead atoms. The predicted molar refractivity (Wildman–Crippen MR) is 109 cm³/mol. The summed E-state index contributed by atoms with van der Waals surface area (Å²) in [6.45, 7) is 3.29. The molecule has 3 amide bonds. The van der Waals surface area contributed by atoms with Crippen LogP contribution in [0.5, 0.6) is 0 Å². The average Bonchev–Trinajstić information content (AvgIpc) is 3.16. The van der Waals surface area contributed by atoms with Gasteiger partial charge < -0.3 is 15.1 Å². The van der Waals surface area contributed by atoms with Crippen molar-refractivity contribution in [3.63, 3.8) is 0 Å². The lowest BCUT2D eigenvalue weighted by molar-refractivity contribution is -0.121. The first-order valence-corrected chi connectivity index (χ1v) is 10.2. The van der Waals surface area contributed by atoms with E-state index in [9.17, 15) is 9.59 Å². The van der Waals surface area contributed by atoms with Crippen molar-refractivity contribution in [2.75, 3.05) is 32.5 Å². The van der Waals surface area contributed by atoms with Crippen LogP contribution in [0.15, 0.2) is 29.6 Å². The van der Waals surface area contributed by atoms with Gasteiger partial charge >= 0.3 is 6.03 Å². The monoisotopic (exact) mass is 386 g/mol. The lowest BCUT2D eigenvalue weighted by Crippen LogP contribution is -2.47. The van der Waals surface area contributed by atoms with Gasteiger partial charge in [0.15, 0.2) is 5.13 Å². The molecule has 144 valence electrons. The quantitative estimate of drug-likeness (QED) is 0.871. The van der Waals surface area contributed by atoms with Crippen LogP contribution in [0.25, 0.3) is 11.3 Å². The van der Waals surface area contributed by atoms with Crippen molar-refractivity contribution in [1.82, 2.24) is 14.8 Å². The predicted octanol–water partition coefficient (Wildman–Crippen LogP) is 3.70. The minimum absolute atomic E-state index is 0.0421. The van der Waals surface area contributed by atoms with Crippen LogP contribution in [-0.4, -0.2) is 53.9 Å². The molecule has 0 unspecified atom stereocenters. The third-order valence-electron chi connectivity index (χ3n) is 4.84. The minimum Gasteiger partial charge on any atom is -0.331 e. The maximum Gasteiger partial charge on any atom is 0.319 e. The van der Waals surface area contributed by atoms with Gasteiger partial charge in [0.25, 0.3) is 0 Å². The number of amides is 3. The second-order valence-corrected chi connectivity index (χ2v) is 7.90. The molecule has 1 aliphatic heterocycles. The highest BCUT2D eigenvalue weighted by Gasteiger charge is 2.29. The fourth-order valence-electron chi connectivity index (χ4n) is 3.23. The van der Waals surface area contributed by atoms with Gasteiger partial charge in [-0.1, -0.05) is 31.2 Å². The molecule has 0 saturated carbocycles. The Balaban J connectivity index is 1.62. The van der Waals surface area contributed by atoms with Crippen molar-refractivity contribution in [1.29, 1.82) is 0 Å². The van der Waals surface area contributed by atoms with Crippen LogP contribution in [0.1, 0.15) is 25.3 Å². The van der Waals surface area contributed by atoms with Crippen molar-refractivity contribution in [2.24, 2.45) is 5.92 Å². The molecule has 1 aromatic carbocycles. The number of nitrogens with one attached hydrogen (secondary N) is 1. The number of nitrogens with zero attached hydrogens (tertiary/aromatic N) is 3. The first-order chi connectivity index (χ1) is 13.0.